The van der Waals surface area contributed by atoms with Crippen molar-refractivity contribution in [1.82, 2.24) is 4.90 Å². The molecule has 0 bridgehead atoms. The predicted octanol–water partition coefficient (Wildman–Crippen LogP) is 1.24. The van der Waals surface area contributed by atoms with E-state index in [1.165, 1.54) is 0 Å². The first kappa shape index (κ1) is 10.6. The molecule has 0 aromatic carbocycles. The highest BCUT2D eigenvalue weighted by Crippen LogP contribution is 2.25. The highest BCUT2D eigenvalue weighted by Gasteiger charge is 2.33. The third kappa shape index (κ3) is 2.24. The molecule has 0 aliphatic carbocycles. The molecule has 0 spiro atoms. The van der Waals surface area contributed by atoms with Crippen molar-refractivity contribution in [3.05, 3.63) is 0 Å². The summed E-state index contributed by atoms with van der Waals surface area (Å²) in [5, 5.41) is 9.46. The van der Waals surface area contributed by atoms with Gasteiger partial charge in [0.2, 0.25) is 0 Å². The van der Waals surface area contributed by atoms with E-state index in [4.69, 9.17) is 6.42 Å². The van der Waals surface area contributed by atoms with Crippen LogP contribution >= 0.6 is 0 Å². The monoisotopic (exact) mass is 181 g/mol. The molecule has 0 aromatic heterocycles. The van der Waals surface area contributed by atoms with Gasteiger partial charge in [0.15, 0.2) is 0 Å². The summed E-state index contributed by atoms with van der Waals surface area (Å²) < 4.78 is 0. The Kier molecular flexibility index (Phi) is 3.00. The third-order valence-electron chi connectivity index (χ3n) is 2.92. The summed E-state index contributed by atoms with van der Waals surface area (Å²) in [5.41, 5.74) is -0.181. The zero-order valence-corrected chi connectivity index (χ0v) is 8.75. The van der Waals surface area contributed by atoms with Crippen LogP contribution in [0, 0.1) is 12.3 Å². The maximum atomic E-state index is 9.46. The van der Waals surface area contributed by atoms with Crippen molar-refractivity contribution >= 4 is 0 Å². The minimum atomic E-state index is -0.181. The van der Waals surface area contributed by atoms with Gasteiger partial charge in [-0.25, -0.2) is 0 Å². The fraction of sp³-hybridized carbons (Fsp3) is 0.818. The quantitative estimate of drug-likeness (QED) is 0.615. The summed E-state index contributed by atoms with van der Waals surface area (Å²) in [4.78, 5) is 2.29. The van der Waals surface area contributed by atoms with Crippen LogP contribution in [0.5, 0.6) is 0 Å². The van der Waals surface area contributed by atoms with Gasteiger partial charge < -0.3 is 5.11 Å². The Morgan fingerprint density at radius 3 is 2.62 bits per heavy atom. The summed E-state index contributed by atoms with van der Waals surface area (Å²) in [6.45, 7) is 7.14. The van der Waals surface area contributed by atoms with E-state index in [1.54, 1.807) is 0 Å². The van der Waals surface area contributed by atoms with Crippen molar-refractivity contribution in [2.75, 3.05) is 6.54 Å². The molecule has 1 saturated heterocycles. The highest BCUT2D eigenvalue weighted by atomic mass is 16.3. The standard InChI is InChI=1S/C11H19NO/c1-5-11(3,4)12-7-6-10(13)8-9(12)2/h1,9-10,13H,6-8H2,2-4H3. The Morgan fingerprint density at radius 1 is 1.54 bits per heavy atom. The molecule has 74 valence electrons. The van der Waals surface area contributed by atoms with E-state index in [0.717, 1.165) is 19.4 Å². The van der Waals surface area contributed by atoms with E-state index >= 15 is 0 Å². The molecule has 1 rings (SSSR count). The highest BCUT2D eigenvalue weighted by molar-refractivity contribution is 5.10. The lowest BCUT2D eigenvalue weighted by atomic mass is 9.93. The number of likely N-dealkylation sites (tertiary alicyclic amines) is 1. The second-order valence-corrected chi connectivity index (χ2v) is 4.42. The lowest BCUT2D eigenvalue weighted by Crippen LogP contribution is -2.52. The van der Waals surface area contributed by atoms with Crippen LogP contribution in [0.1, 0.15) is 33.6 Å². The minimum absolute atomic E-state index is 0.139. The van der Waals surface area contributed by atoms with Gasteiger partial charge in [0.25, 0.3) is 0 Å². The van der Waals surface area contributed by atoms with E-state index in [9.17, 15) is 5.11 Å². The molecular formula is C11H19NO. The SMILES string of the molecule is C#CC(C)(C)N1CCC(O)CC1C. The van der Waals surface area contributed by atoms with Crippen LogP contribution in [0.25, 0.3) is 0 Å². The molecule has 1 fully saturated rings. The van der Waals surface area contributed by atoms with Crippen LogP contribution < -0.4 is 0 Å². The molecule has 2 heteroatoms. The zero-order chi connectivity index (χ0) is 10.1. The number of hydrogen-bond acceptors (Lipinski definition) is 2. The van der Waals surface area contributed by atoms with Gasteiger partial charge in [-0.2, -0.15) is 0 Å². The van der Waals surface area contributed by atoms with Gasteiger partial charge in [0, 0.05) is 12.6 Å². The van der Waals surface area contributed by atoms with Crippen LogP contribution in [-0.4, -0.2) is 34.2 Å². The first-order chi connectivity index (χ1) is 5.97. The van der Waals surface area contributed by atoms with Gasteiger partial charge in [-0.1, -0.05) is 5.92 Å². The van der Waals surface area contributed by atoms with Crippen molar-refractivity contribution in [2.24, 2.45) is 0 Å². The van der Waals surface area contributed by atoms with Crippen LogP contribution in [0.2, 0.25) is 0 Å². The molecule has 1 heterocycles. The fourth-order valence-corrected chi connectivity index (χ4v) is 2.06. The van der Waals surface area contributed by atoms with Crippen molar-refractivity contribution in [1.29, 1.82) is 0 Å². The number of aliphatic hydroxyl groups excluding tert-OH is 1. The summed E-state index contributed by atoms with van der Waals surface area (Å²) in [6, 6.07) is 0.384. The Labute approximate surface area is 80.9 Å². The second-order valence-electron chi connectivity index (χ2n) is 4.42. The van der Waals surface area contributed by atoms with Crippen molar-refractivity contribution in [2.45, 2.75) is 51.3 Å². The normalized spacial score (nSPS) is 31.3. The molecule has 13 heavy (non-hydrogen) atoms. The number of aliphatic hydroxyl groups is 1. The summed E-state index contributed by atoms with van der Waals surface area (Å²) in [5.74, 6) is 2.80. The van der Waals surface area contributed by atoms with Crippen LogP contribution in [0.3, 0.4) is 0 Å². The molecule has 0 amide bonds. The Bertz CT molecular complexity index is 217. The zero-order valence-electron chi connectivity index (χ0n) is 8.75. The van der Waals surface area contributed by atoms with Crippen molar-refractivity contribution < 1.29 is 5.11 Å². The van der Waals surface area contributed by atoms with Crippen molar-refractivity contribution in [3.8, 4) is 12.3 Å². The fourth-order valence-electron chi connectivity index (χ4n) is 2.06. The topological polar surface area (TPSA) is 23.5 Å². The molecule has 1 aliphatic rings. The first-order valence-corrected chi connectivity index (χ1v) is 4.90. The number of rotatable bonds is 1. The Hall–Kier alpha value is -0.520. The molecule has 0 saturated carbocycles. The molecule has 2 unspecified atom stereocenters. The molecule has 2 atom stereocenters. The van der Waals surface area contributed by atoms with E-state index in [-0.39, 0.29) is 11.6 Å². The average Bonchev–Trinajstić information content (AvgIpc) is 2.03. The van der Waals surface area contributed by atoms with Gasteiger partial charge in [-0.3, -0.25) is 4.90 Å². The summed E-state index contributed by atoms with van der Waals surface area (Å²) in [6.07, 6.45) is 7.02. The molecule has 2 nitrogen and oxygen atoms in total. The Morgan fingerprint density at radius 2 is 2.15 bits per heavy atom. The lowest BCUT2D eigenvalue weighted by molar-refractivity contribution is 0.0133. The van der Waals surface area contributed by atoms with Crippen LogP contribution in [0.15, 0.2) is 0 Å². The number of nitrogens with zero attached hydrogens (tertiary/aromatic N) is 1. The van der Waals surface area contributed by atoms with Crippen molar-refractivity contribution in [3.63, 3.8) is 0 Å². The third-order valence-corrected chi connectivity index (χ3v) is 2.92. The van der Waals surface area contributed by atoms with E-state index in [2.05, 4.69) is 31.6 Å². The average molecular weight is 181 g/mol. The predicted molar refractivity (Wildman–Crippen MR) is 54.3 cm³/mol. The van der Waals surface area contributed by atoms with E-state index < -0.39 is 0 Å². The van der Waals surface area contributed by atoms with Gasteiger partial charge in [-0.05, 0) is 33.6 Å². The first-order valence-electron chi connectivity index (χ1n) is 4.90. The largest absolute Gasteiger partial charge is 0.393 e. The maximum Gasteiger partial charge on any atom is 0.0768 e. The molecule has 1 aliphatic heterocycles. The van der Waals surface area contributed by atoms with Gasteiger partial charge >= 0.3 is 0 Å². The van der Waals surface area contributed by atoms with Gasteiger partial charge in [0.05, 0.1) is 11.6 Å². The minimum Gasteiger partial charge on any atom is -0.393 e. The molecule has 0 radical (unpaired) electrons. The molecule has 1 N–H and O–H groups in total. The van der Waals surface area contributed by atoms with Crippen LogP contribution in [0.4, 0.5) is 0 Å². The number of hydrogen-bond donors (Lipinski definition) is 1. The summed E-state index contributed by atoms with van der Waals surface area (Å²) in [7, 11) is 0. The lowest BCUT2D eigenvalue weighted by Gasteiger charge is -2.43. The Balaban J connectivity index is 2.67. The van der Waals surface area contributed by atoms with Crippen LogP contribution in [-0.2, 0) is 0 Å². The number of piperidine rings is 1. The summed E-state index contributed by atoms with van der Waals surface area (Å²) >= 11 is 0. The van der Waals surface area contributed by atoms with Gasteiger partial charge in [0.1, 0.15) is 0 Å². The maximum absolute atomic E-state index is 9.46. The molecular weight excluding hydrogens is 162 g/mol. The number of terminal acetylenes is 1. The van der Waals surface area contributed by atoms with Gasteiger partial charge in [-0.15, -0.1) is 6.42 Å². The molecule has 0 aromatic rings. The van der Waals surface area contributed by atoms with E-state index in [1.807, 2.05) is 0 Å². The second kappa shape index (κ2) is 3.69. The smallest absolute Gasteiger partial charge is 0.0768 e. The van der Waals surface area contributed by atoms with E-state index in [0.29, 0.717) is 6.04 Å².